The summed E-state index contributed by atoms with van der Waals surface area (Å²) < 4.78 is 18.0. The molecule has 1 aliphatic rings. The van der Waals surface area contributed by atoms with Crippen molar-refractivity contribution < 1.29 is 13.9 Å². The van der Waals surface area contributed by atoms with Gasteiger partial charge >= 0.3 is 0 Å². The fourth-order valence-electron chi connectivity index (χ4n) is 2.38. The molecule has 0 aliphatic heterocycles. The van der Waals surface area contributed by atoms with Crippen molar-refractivity contribution in [2.75, 3.05) is 7.11 Å². The molecule has 20 heavy (non-hydrogen) atoms. The van der Waals surface area contributed by atoms with Crippen LogP contribution in [-0.2, 0) is 6.42 Å². The maximum atomic E-state index is 12.9. The lowest BCUT2D eigenvalue weighted by molar-refractivity contribution is 0.104. The minimum Gasteiger partial charge on any atom is -0.497 e. The summed E-state index contributed by atoms with van der Waals surface area (Å²) in [5.74, 6) is 0.418. The first-order valence-electron chi connectivity index (χ1n) is 6.35. The summed E-state index contributed by atoms with van der Waals surface area (Å²) in [6, 6.07) is 11.6. The van der Waals surface area contributed by atoms with Crippen LogP contribution in [0.15, 0.2) is 48.0 Å². The number of ether oxygens (including phenoxy) is 1. The predicted octanol–water partition coefficient (Wildman–Crippen LogP) is 3.66. The van der Waals surface area contributed by atoms with Crippen molar-refractivity contribution in [3.8, 4) is 5.75 Å². The number of fused-ring (bicyclic) bond motifs is 1. The van der Waals surface area contributed by atoms with E-state index in [-0.39, 0.29) is 11.6 Å². The minimum atomic E-state index is -0.280. The van der Waals surface area contributed by atoms with Gasteiger partial charge in [-0.15, -0.1) is 0 Å². The number of hydrogen-bond acceptors (Lipinski definition) is 2. The molecule has 0 bridgehead atoms. The average molecular weight is 268 g/mol. The molecular weight excluding hydrogens is 255 g/mol. The number of hydrogen-bond donors (Lipinski definition) is 0. The molecule has 0 atom stereocenters. The fourth-order valence-corrected chi connectivity index (χ4v) is 2.38. The maximum Gasteiger partial charge on any atom is 0.189 e. The Morgan fingerprint density at radius 3 is 2.60 bits per heavy atom. The number of methoxy groups -OCH3 is 1. The molecule has 2 aromatic carbocycles. The summed E-state index contributed by atoms with van der Waals surface area (Å²) in [7, 11) is 1.58. The first-order chi connectivity index (χ1) is 9.67. The molecule has 100 valence electrons. The Hall–Kier alpha value is -2.42. The van der Waals surface area contributed by atoms with E-state index in [1.165, 1.54) is 12.1 Å². The smallest absolute Gasteiger partial charge is 0.189 e. The molecule has 3 heteroatoms. The van der Waals surface area contributed by atoms with Crippen LogP contribution in [0.5, 0.6) is 5.75 Å². The summed E-state index contributed by atoms with van der Waals surface area (Å²) in [4.78, 5) is 12.3. The quantitative estimate of drug-likeness (QED) is 0.777. The molecular formula is C17H13FO2. The number of rotatable bonds is 2. The van der Waals surface area contributed by atoms with Gasteiger partial charge in [-0.3, -0.25) is 4.79 Å². The monoisotopic (exact) mass is 268 g/mol. The second kappa shape index (κ2) is 4.93. The van der Waals surface area contributed by atoms with E-state index in [0.29, 0.717) is 17.7 Å². The highest BCUT2D eigenvalue weighted by atomic mass is 19.1. The van der Waals surface area contributed by atoms with Crippen LogP contribution in [-0.4, -0.2) is 12.9 Å². The zero-order chi connectivity index (χ0) is 14.1. The highest BCUT2D eigenvalue weighted by Gasteiger charge is 2.25. The Kier molecular flexibility index (Phi) is 3.11. The van der Waals surface area contributed by atoms with E-state index in [4.69, 9.17) is 4.74 Å². The SMILES string of the molecule is COc1ccc2c(c1)C(=O)/C(=C/c1ccc(F)cc1)C2. The Labute approximate surface area is 116 Å². The number of allylic oxidation sites excluding steroid dienone is 1. The van der Waals surface area contributed by atoms with Crippen LogP contribution in [0.4, 0.5) is 4.39 Å². The van der Waals surface area contributed by atoms with Crippen LogP contribution in [0.3, 0.4) is 0 Å². The number of carbonyl (C=O) groups excluding carboxylic acids is 1. The van der Waals surface area contributed by atoms with E-state index >= 15 is 0 Å². The van der Waals surface area contributed by atoms with E-state index < -0.39 is 0 Å². The van der Waals surface area contributed by atoms with Crippen molar-refractivity contribution in [2.45, 2.75) is 6.42 Å². The summed E-state index contributed by atoms with van der Waals surface area (Å²) >= 11 is 0. The first-order valence-corrected chi connectivity index (χ1v) is 6.35. The van der Waals surface area contributed by atoms with Crippen LogP contribution in [0.1, 0.15) is 21.5 Å². The van der Waals surface area contributed by atoms with Gasteiger partial charge in [0.2, 0.25) is 0 Å². The number of ketones is 1. The number of Topliss-reactive ketones (excluding diaryl/α,β-unsaturated/α-hetero) is 1. The first kappa shape index (κ1) is 12.6. The van der Waals surface area contributed by atoms with Crippen molar-refractivity contribution in [1.82, 2.24) is 0 Å². The highest BCUT2D eigenvalue weighted by Crippen LogP contribution is 2.30. The second-order valence-electron chi connectivity index (χ2n) is 4.75. The number of halogens is 1. The van der Waals surface area contributed by atoms with Gasteiger partial charge in [-0.05, 0) is 41.5 Å². The zero-order valence-electron chi connectivity index (χ0n) is 11.0. The van der Waals surface area contributed by atoms with E-state index in [0.717, 1.165) is 16.7 Å². The third kappa shape index (κ3) is 2.23. The van der Waals surface area contributed by atoms with Gasteiger partial charge in [0.15, 0.2) is 5.78 Å². The summed E-state index contributed by atoms with van der Waals surface area (Å²) in [5, 5.41) is 0. The Bertz CT molecular complexity index is 699. The Morgan fingerprint density at radius 1 is 1.15 bits per heavy atom. The molecule has 0 saturated carbocycles. The summed E-state index contributed by atoms with van der Waals surface area (Å²) in [6.45, 7) is 0. The predicted molar refractivity (Wildman–Crippen MR) is 75.4 cm³/mol. The second-order valence-corrected chi connectivity index (χ2v) is 4.75. The standard InChI is InChI=1S/C17H13FO2/c1-20-15-7-4-12-9-13(17(19)16(12)10-15)8-11-2-5-14(18)6-3-11/h2-8,10H,9H2,1H3/b13-8+. The van der Waals surface area contributed by atoms with Crippen LogP contribution >= 0.6 is 0 Å². The lowest BCUT2D eigenvalue weighted by atomic mass is 10.1. The lowest BCUT2D eigenvalue weighted by Gasteiger charge is -2.01. The minimum absolute atomic E-state index is 0.0169. The topological polar surface area (TPSA) is 26.3 Å². The normalized spacial score (nSPS) is 15.5. The van der Waals surface area contributed by atoms with E-state index in [1.807, 2.05) is 18.2 Å². The van der Waals surface area contributed by atoms with Crippen LogP contribution in [0, 0.1) is 5.82 Å². The molecule has 0 N–H and O–H groups in total. The molecule has 0 radical (unpaired) electrons. The molecule has 0 amide bonds. The molecule has 1 aliphatic carbocycles. The van der Waals surface area contributed by atoms with Crippen molar-refractivity contribution in [2.24, 2.45) is 0 Å². The average Bonchev–Trinajstić information content (AvgIpc) is 2.77. The lowest BCUT2D eigenvalue weighted by Crippen LogP contribution is -1.96. The third-order valence-electron chi connectivity index (χ3n) is 3.45. The van der Waals surface area contributed by atoms with Crippen molar-refractivity contribution in [3.05, 3.63) is 70.5 Å². The van der Waals surface area contributed by atoms with Crippen LogP contribution in [0.25, 0.3) is 6.08 Å². The zero-order valence-corrected chi connectivity index (χ0v) is 11.0. The summed E-state index contributed by atoms with van der Waals surface area (Å²) in [5.41, 5.74) is 3.25. The molecule has 0 heterocycles. The van der Waals surface area contributed by atoms with Gasteiger partial charge < -0.3 is 4.74 Å². The number of benzene rings is 2. The van der Waals surface area contributed by atoms with Crippen molar-refractivity contribution in [3.63, 3.8) is 0 Å². The highest BCUT2D eigenvalue weighted by molar-refractivity contribution is 6.15. The Balaban J connectivity index is 1.95. The molecule has 0 saturated heterocycles. The van der Waals surface area contributed by atoms with E-state index in [2.05, 4.69) is 0 Å². The summed E-state index contributed by atoms with van der Waals surface area (Å²) in [6.07, 6.45) is 2.42. The van der Waals surface area contributed by atoms with Gasteiger partial charge in [-0.1, -0.05) is 18.2 Å². The fraction of sp³-hybridized carbons (Fsp3) is 0.118. The van der Waals surface area contributed by atoms with Gasteiger partial charge in [0.1, 0.15) is 11.6 Å². The number of carbonyl (C=O) groups is 1. The van der Waals surface area contributed by atoms with E-state index in [1.54, 1.807) is 25.3 Å². The molecule has 0 spiro atoms. The van der Waals surface area contributed by atoms with Gasteiger partial charge in [0.25, 0.3) is 0 Å². The molecule has 0 fully saturated rings. The molecule has 2 nitrogen and oxygen atoms in total. The van der Waals surface area contributed by atoms with E-state index in [9.17, 15) is 9.18 Å². The van der Waals surface area contributed by atoms with Gasteiger partial charge in [-0.25, -0.2) is 4.39 Å². The van der Waals surface area contributed by atoms with Gasteiger partial charge in [-0.2, -0.15) is 0 Å². The van der Waals surface area contributed by atoms with Crippen molar-refractivity contribution in [1.29, 1.82) is 0 Å². The molecule has 3 rings (SSSR count). The third-order valence-corrected chi connectivity index (χ3v) is 3.45. The maximum absolute atomic E-state index is 12.9. The molecule has 0 unspecified atom stereocenters. The Morgan fingerprint density at radius 2 is 1.90 bits per heavy atom. The van der Waals surface area contributed by atoms with Crippen molar-refractivity contribution >= 4 is 11.9 Å². The molecule has 2 aromatic rings. The van der Waals surface area contributed by atoms with Gasteiger partial charge in [0, 0.05) is 17.6 Å². The largest absolute Gasteiger partial charge is 0.497 e. The van der Waals surface area contributed by atoms with Gasteiger partial charge in [0.05, 0.1) is 7.11 Å². The van der Waals surface area contributed by atoms with Crippen LogP contribution < -0.4 is 4.74 Å². The van der Waals surface area contributed by atoms with Crippen LogP contribution in [0.2, 0.25) is 0 Å². The molecule has 0 aromatic heterocycles.